The normalized spacial score (nSPS) is 16.7. The Morgan fingerprint density at radius 3 is 2.09 bits per heavy atom. The van der Waals surface area contributed by atoms with Gasteiger partial charge < -0.3 is 34.3 Å². The van der Waals surface area contributed by atoms with Crippen molar-refractivity contribution in [3.8, 4) is 0 Å². The number of carboxylic acids is 2. The number of hydrogen-bond donors (Lipinski definition) is 0. The molecule has 7 nitrogen and oxygen atoms in total. The second kappa shape index (κ2) is 14.2. The molecule has 3 rings (SSSR count). The summed E-state index contributed by atoms with van der Waals surface area (Å²) < 4.78 is 5.97. The first-order valence-corrected chi connectivity index (χ1v) is 11.7. The Balaban J connectivity index is 0.000000440. The van der Waals surface area contributed by atoms with Crippen molar-refractivity contribution in [2.24, 2.45) is 0 Å². The molecule has 34 heavy (non-hydrogen) atoms. The van der Waals surface area contributed by atoms with Crippen LogP contribution in [0.5, 0.6) is 0 Å². The first-order chi connectivity index (χ1) is 16.4. The number of anilines is 1. The van der Waals surface area contributed by atoms with Crippen LogP contribution in [0.3, 0.4) is 0 Å². The highest BCUT2D eigenvalue weighted by molar-refractivity contribution is 5.87. The highest BCUT2D eigenvalue weighted by atomic mass is 16.5. The molecule has 2 atom stereocenters. The van der Waals surface area contributed by atoms with Crippen molar-refractivity contribution in [3.63, 3.8) is 0 Å². The molecule has 184 valence electrons. The van der Waals surface area contributed by atoms with Crippen molar-refractivity contribution in [3.05, 3.63) is 77.9 Å². The van der Waals surface area contributed by atoms with E-state index in [4.69, 9.17) is 4.74 Å². The molecule has 2 aromatic carbocycles. The van der Waals surface area contributed by atoms with E-state index in [9.17, 15) is 19.8 Å². The molecule has 0 N–H and O–H groups in total. The van der Waals surface area contributed by atoms with Crippen molar-refractivity contribution in [2.75, 3.05) is 38.2 Å². The minimum atomic E-state index is -1.55. The molecular formula is C27H34N2O5-2. The maximum absolute atomic E-state index is 9.41. The predicted octanol–water partition coefficient (Wildman–Crippen LogP) is 1.58. The van der Waals surface area contributed by atoms with E-state index in [-0.39, 0.29) is 6.10 Å². The Labute approximate surface area is 202 Å². The van der Waals surface area contributed by atoms with Gasteiger partial charge in [-0.3, -0.25) is 0 Å². The Kier molecular flexibility index (Phi) is 11.3. The van der Waals surface area contributed by atoms with Crippen LogP contribution < -0.4 is 15.1 Å². The fraction of sp³-hybridized carbons (Fsp3) is 0.407. The second-order valence-corrected chi connectivity index (χ2v) is 8.01. The number of carbonyl (C=O) groups is 2. The summed E-state index contributed by atoms with van der Waals surface area (Å²) in [6, 6.07) is 19.9. The maximum Gasteiger partial charge on any atom is 0.103 e. The van der Waals surface area contributed by atoms with Crippen LogP contribution in [0.1, 0.15) is 37.5 Å². The quantitative estimate of drug-likeness (QED) is 0.464. The summed E-state index contributed by atoms with van der Waals surface area (Å²) in [7, 11) is 1.85. The van der Waals surface area contributed by atoms with Gasteiger partial charge in [-0.1, -0.05) is 56.3 Å². The number of rotatable bonds is 11. The zero-order chi connectivity index (χ0) is 24.9. The highest BCUT2D eigenvalue weighted by Gasteiger charge is 2.36. The molecule has 0 fully saturated rings. The Hall–Kier alpha value is -3.16. The summed E-state index contributed by atoms with van der Waals surface area (Å²) in [5.41, 5.74) is 4.07. The van der Waals surface area contributed by atoms with Gasteiger partial charge in [0.25, 0.3) is 0 Å². The average Bonchev–Trinajstić information content (AvgIpc) is 3.22. The Morgan fingerprint density at radius 1 is 0.941 bits per heavy atom. The molecule has 0 heterocycles. The van der Waals surface area contributed by atoms with Crippen LogP contribution in [0.2, 0.25) is 0 Å². The monoisotopic (exact) mass is 466 g/mol. The summed E-state index contributed by atoms with van der Waals surface area (Å²) in [4.78, 5) is 23.9. The molecule has 0 bridgehead atoms. The molecule has 1 aliphatic rings. The van der Waals surface area contributed by atoms with Crippen molar-refractivity contribution in [1.82, 2.24) is 4.90 Å². The van der Waals surface area contributed by atoms with E-state index in [1.54, 1.807) is 0 Å². The smallest absolute Gasteiger partial charge is 0.103 e. The molecule has 0 amide bonds. The number of benzene rings is 2. The van der Waals surface area contributed by atoms with Crippen molar-refractivity contribution in [2.45, 2.75) is 38.8 Å². The Morgan fingerprint density at radius 2 is 1.53 bits per heavy atom. The van der Waals surface area contributed by atoms with Gasteiger partial charge in [-0.2, -0.15) is 0 Å². The zero-order valence-electron chi connectivity index (χ0n) is 20.2. The summed E-state index contributed by atoms with van der Waals surface area (Å²) in [6.07, 6.45) is 3.12. The molecule has 0 saturated carbocycles. The lowest BCUT2D eigenvalue weighted by atomic mass is 10.1. The van der Waals surface area contributed by atoms with Gasteiger partial charge in [0.15, 0.2) is 0 Å². The van der Waals surface area contributed by atoms with E-state index in [1.807, 2.05) is 7.11 Å². The third-order valence-corrected chi connectivity index (χ3v) is 6.01. The molecule has 0 spiro atoms. The summed E-state index contributed by atoms with van der Waals surface area (Å²) >= 11 is 0. The van der Waals surface area contributed by atoms with Gasteiger partial charge in [0.05, 0.1) is 18.0 Å². The molecule has 2 unspecified atom stereocenters. The van der Waals surface area contributed by atoms with E-state index in [1.165, 1.54) is 23.2 Å². The number of hydrogen-bond acceptors (Lipinski definition) is 7. The minimum Gasteiger partial charge on any atom is -0.545 e. The van der Waals surface area contributed by atoms with Gasteiger partial charge in [-0.15, -0.1) is 0 Å². The van der Waals surface area contributed by atoms with E-state index >= 15 is 0 Å². The number of para-hydroxylation sites is 1. The third-order valence-electron chi connectivity index (χ3n) is 6.01. The molecule has 0 radical (unpaired) electrons. The van der Waals surface area contributed by atoms with Crippen LogP contribution in [-0.2, 0) is 20.7 Å². The van der Waals surface area contributed by atoms with Gasteiger partial charge in [0.1, 0.15) is 6.10 Å². The number of fused-ring (bicyclic) bond motifs is 1. The van der Waals surface area contributed by atoms with E-state index in [0.717, 1.165) is 32.6 Å². The fourth-order valence-corrected chi connectivity index (χ4v) is 4.34. The molecular weight excluding hydrogens is 432 g/mol. The summed E-state index contributed by atoms with van der Waals surface area (Å²) in [6.45, 7) is 8.93. The van der Waals surface area contributed by atoms with Gasteiger partial charge in [0, 0.05) is 19.3 Å². The SMILES string of the molecule is CCN(CC)CCCN(c1ccccc1)C1Cc2ccccc2C1OC.O=C([O-])C=CC(=O)[O-]. The van der Waals surface area contributed by atoms with Gasteiger partial charge in [-0.25, -0.2) is 0 Å². The lowest BCUT2D eigenvalue weighted by Gasteiger charge is -2.35. The molecule has 7 heteroatoms. The lowest BCUT2D eigenvalue weighted by Crippen LogP contribution is -2.41. The van der Waals surface area contributed by atoms with E-state index in [0.29, 0.717) is 18.2 Å². The van der Waals surface area contributed by atoms with Gasteiger partial charge >= 0.3 is 0 Å². The van der Waals surface area contributed by atoms with Gasteiger partial charge in [-0.05, 0) is 67.9 Å². The number of methoxy groups -OCH3 is 1. The first-order valence-electron chi connectivity index (χ1n) is 11.7. The van der Waals surface area contributed by atoms with Crippen molar-refractivity contribution in [1.29, 1.82) is 0 Å². The summed E-state index contributed by atoms with van der Waals surface area (Å²) in [5.74, 6) is -3.09. The van der Waals surface area contributed by atoms with E-state index < -0.39 is 11.9 Å². The van der Waals surface area contributed by atoms with Gasteiger partial charge in [0.2, 0.25) is 0 Å². The minimum absolute atomic E-state index is 0.139. The number of ether oxygens (including phenoxy) is 1. The average molecular weight is 467 g/mol. The standard InChI is InChI=1S/C23H32N2O.C4H4O4/c1-4-24(5-2)16-11-17-25(20-13-7-6-8-14-20)22-18-19-12-9-10-15-21(19)23(22)26-3;5-3(6)1-2-4(7)8/h6-10,12-15,22-23H,4-5,11,16-18H2,1-3H3;1-2H,(H,5,6)(H,7,8)/p-2. The Bertz CT molecular complexity index is 912. The van der Waals surface area contributed by atoms with Crippen LogP contribution in [-0.4, -0.2) is 56.2 Å². The van der Waals surface area contributed by atoms with Crippen LogP contribution in [0.15, 0.2) is 66.7 Å². The van der Waals surface area contributed by atoms with Crippen LogP contribution in [0.4, 0.5) is 5.69 Å². The predicted molar refractivity (Wildman–Crippen MR) is 129 cm³/mol. The molecule has 2 aromatic rings. The fourth-order valence-electron chi connectivity index (χ4n) is 4.34. The van der Waals surface area contributed by atoms with E-state index in [2.05, 4.69) is 78.2 Å². The number of carbonyl (C=O) groups excluding carboxylic acids is 2. The highest BCUT2D eigenvalue weighted by Crippen LogP contribution is 2.38. The molecule has 0 aromatic heterocycles. The topological polar surface area (TPSA) is 96.0 Å². The zero-order valence-corrected chi connectivity index (χ0v) is 20.2. The number of carboxylic acid groups (broad SMARTS) is 2. The first kappa shape index (κ1) is 27.1. The molecule has 0 aliphatic heterocycles. The van der Waals surface area contributed by atoms with Crippen molar-refractivity contribution < 1.29 is 24.5 Å². The number of nitrogens with zero attached hydrogens (tertiary/aromatic N) is 2. The third kappa shape index (κ3) is 8.01. The van der Waals surface area contributed by atoms with Crippen LogP contribution in [0.25, 0.3) is 0 Å². The molecule has 1 aliphatic carbocycles. The second-order valence-electron chi connectivity index (χ2n) is 8.01. The maximum atomic E-state index is 9.41. The molecule has 0 saturated heterocycles. The number of aliphatic carboxylic acids is 2. The van der Waals surface area contributed by atoms with Crippen LogP contribution >= 0.6 is 0 Å². The van der Waals surface area contributed by atoms with Crippen molar-refractivity contribution >= 4 is 17.6 Å². The van der Waals surface area contributed by atoms with Crippen LogP contribution in [0, 0.1) is 0 Å². The summed E-state index contributed by atoms with van der Waals surface area (Å²) in [5, 5.41) is 18.8. The lowest BCUT2D eigenvalue weighted by molar-refractivity contribution is -0.301. The largest absolute Gasteiger partial charge is 0.545 e.